The number of nitrogens with two attached hydrogens (primary N) is 1. The molecule has 0 radical (unpaired) electrons. The largest absolute Gasteiger partial charge is 0.369 e. The quantitative estimate of drug-likeness (QED) is 0.568. The van der Waals surface area contributed by atoms with Crippen molar-refractivity contribution in [1.29, 1.82) is 0 Å². The van der Waals surface area contributed by atoms with Gasteiger partial charge in [0.2, 0.25) is 5.95 Å². The Labute approximate surface area is 204 Å². The summed E-state index contributed by atoms with van der Waals surface area (Å²) in [6.07, 6.45) is 5.95. The standard InChI is InChI=1S/C23H28F2N8.ClH/c1-16-17(15-27-33(16)22-14-21(30(2)3)28-23(26)29-22)5-4-6-31-7-9-32(10-8-31)20-12-18(24)11-19(25)13-20;/h4-5,11-15H,6-10H2,1-3H3,(H2,26,28,29);1H. The fourth-order valence-electron chi connectivity index (χ4n) is 3.83. The van der Waals surface area contributed by atoms with E-state index in [1.807, 2.05) is 43.0 Å². The van der Waals surface area contributed by atoms with Gasteiger partial charge in [0.05, 0.1) is 11.9 Å². The molecule has 1 aliphatic heterocycles. The Morgan fingerprint density at radius 3 is 2.35 bits per heavy atom. The van der Waals surface area contributed by atoms with Crippen LogP contribution < -0.4 is 15.5 Å². The van der Waals surface area contributed by atoms with Crippen molar-refractivity contribution in [1.82, 2.24) is 24.6 Å². The van der Waals surface area contributed by atoms with Crippen molar-refractivity contribution in [2.75, 3.05) is 62.4 Å². The van der Waals surface area contributed by atoms with Crippen LogP contribution in [0.2, 0.25) is 0 Å². The van der Waals surface area contributed by atoms with Gasteiger partial charge in [-0.25, -0.2) is 13.5 Å². The fraction of sp³-hybridized carbons (Fsp3) is 0.348. The average Bonchev–Trinajstić information content (AvgIpc) is 3.13. The molecule has 0 saturated carbocycles. The molecule has 3 heterocycles. The minimum absolute atomic E-state index is 0. The number of anilines is 3. The summed E-state index contributed by atoms with van der Waals surface area (Å²) in [6.45, 7) is 5.83. The first-order chi connectivity index (χ1) is 15.8. The molecule has 1 saturated heterocycles. The molecule has 0 atom stereocenters. The van der Waals surface area contributed by atoms with Crippen molar-refractivity contribution in [2.45, 2.75) is 6.92 Å². The molecule has 11 heteroatoms. The molecule has 1 fully saturated rings. The van der Waals surface area contributed by atoms with Gasteiger partial charge in [-0.3, -0.25) is 4.90 Å². The van der Waals surface area contributed by atoms with Crippen LogP contribution in [0.15, 0.2) is 36.5 Å². The Morgan fingerprint density at radius 2 is 1.71 bits per heavy atom. The first kappa shape index (κ1) is 25.4. The Morgan fingerprint density at radius 1 is 1.03 bits per heavy atom. The van der Waals surface area contributed by atoms with E-state index < -0.39 is 11.6 Å². The second-order valence-corrected chi connectivity index (χ2v) is 8.25. The summed E-state index contributed by atoms with van der Waals surface area (Å²) in [6, 6.07) is 5.50. The van der Waals surface area contributed by atoms with Crippen LogP contribution in [0.4, 0.5) is 26.2 Å². The molecule has 182 valence electrons. The number of rotatable bonds is 6. The predicted octanol–water partition coefficient (Wildman–Crippen LogP) is 3.15. The third-order valence-electron chi connectivity index (χ3n) is 5.69. The summed E-state index contributed by atoms with van der Waals surface area (Å²) >= 11 is 0. The molecule has 8 nitrogen and oxygen atoms in total. The van der Waals surface area contributed by atoms with E-state index in [0.717, 1.165) is 50.0 Å². The summed E-state index contributed by atoms with van der Waals surface area (Å²) in [7, 11) is 3.79. The van der Waals surface area contributed by atoms with Crippen LogP contribution in [0.5, 0.6) is 0 Å². The van der Waals surface area contributed by atoms with Crippen LogP contribution in [0.25, 0.3) is 11.9 Å². The van der Waals surface area contributed by atoms with Crippen molar-refractivity contribution in [3.8, 4) is 5.82 Å². The van der Waals surface area contributed by atoms with Gasteiger partial charge < -0.3 is 15.5 Å². The molecular formula is C23H29ClF2N8. The van der Waals surface area contributed by atoms with E-state index in [2.05, 4.69) is 26.0 Å². The molecule has 0 unspecified atom stereocenters. The van der Waals surface area contributed by atoms with E-state index in [0.29, 0.717) is 17.3 Å². The van der Waals surface area contributed by atoms with Crippen LogP contribution in [0.1, 0.15) is 11.3 Å². The maximum atomic E-state index is 13.5. The number of benzene rings is 1. The van der Waals surface area contributed by atoms with Crippen LogP contribution in [0.3, 0.4) is 0 Å². The lowest BCUT2D eigenvalue weighted by Crippen LogP contribution is -2.46. The third-order valence-corrected chi connectivity index (χ3v) is 5.69. The Kier molecular flexibility index (Phi) is 8.06. The van der Waals surface area contributed by atoms with Crippen molar-refractivity contribution < 1.29 is 8.78 Å². The second-order valence-electron chi connectivity index (χ2n) is 8.25. The molecule has 4 rings (SSSR count). The number of halogens is 3. The van der Waals surface area contributed by atoms with Gasteiger partial charge in [0.1, 0.15) is 17.5 Å². The first-order valence-electron chi connectivity index (χ1n) is 10.8. The number of hydrogen-bond donors (Lipinski definition) is 1. The summed E-state index contributed by atoms with van der Waals surface area (Å²) in [5, 5.41) is 4.47. The number of nitrogen functional groups attached to an aromatic ring is 1. The monoisotopic (exact) mass is 490 g/mol. The van der Waals surface area contributed by atoms with E-state index in [1.165, 1.54) is 12.1 Å². The van der Waals surface area contributed by atoms with Gasteiger partial charge in [-0.1, -0.05) is 12.2 Å². The van der Waals surface area contributed by atoms with Gasteiger partial charge in [0.15, 0.2) is 5.82 Å². The third kappa shape index (κ3) is 5.81. The van der Waals surface area contributed by atoms with Gasteiger partial charge >= 0.3 is 0 Å². The highest BCUT2D eigenvalue weighted by molar-refractivity contribution is 5.85. The zero-order valence-electron chi connectivity index (χ0n) is 19.4. The Hall–Kier alpha value is -3.24. The highest BCUT2D eigenvalue weighted by Gasteiger charge is 2.17. The van der Waals surface area contributed by atoms with Gasteiger partial charge in [-0.05, 0) is 19.1 Å². The number of aromatic nitrogens is 4. The molecule has 3 aromatic rings. The molecule has 2 aromatic heterocycles. The van der Waals surface area contributed by atoms with Crippen LogP contribution >= 0.6 is 12.4 Å². The van der Waals surface area contributed by atoms with Gasteiger partial charge in [0, 0.05) is 70.2 Å². The smallest absolute Gasteiger partial charge is 0.224 e. The first-order valence-corrected chi connectivity index (χ1v) is 10.8. The molecule has 0 spiro atoms. The summed E-state index contributed by atoms with van der Waals surface area (Å²) in [5.74, 6) is 0.434. The predicted molar refractivity (Wildman–Crippen MR) is 134 cm³/mol. The van der Waals surface area contributed by atoms with E-state index >= 15 is 0 Å². The van der Waals surface area contributed by atoms with E-state index in [4.69, 9.17) is 5.73 Å². The maximum absolute atomic E-state index is 13.5. The van der Waals surface area contributed by atoms with Gasteiger partial charge in [-0.15, -0.1) is 12.4 Å². The molecule has 2 N–H and O–H groups in total. The molecule has 0 amide bonds. The molecule has 34 heavy (non-hydrogen) atoms. The zero-order chi connectivity index (χ0) is 23.5. The van der Waals surface area contributed by atoms with Gasteiger partial charge in [-0.2, -0.15) is 15.1 Å². The highest BCUT2D eigenvalue weighted by Crippen LogP contribution is 2.20. The van der Waals surface area contributed by atoms with Crippen molar-refractivity contribution in [3.05, 3.63) is 59.4 Å². The van der Waals surface area contributed by atoms with Crippen molar-refractivity contribution in [3.63, 3.8) is 0 Å². The highest BCUT2D eigenvalue weighted by atomic mass is 35.5. The van der Waals surface area contributed by atoms with Crippen LogP contribution in [-0.4, -0.2) is 71.5 Å². The second kappa shape index (κ2) is 10.8. The lowest BCUT2D eigenvalue weighted by atomic mass is 10.2. The number of nitrogens with zero attached hydrogens (tertiary/aromatic N) is 7. The molecule has 1 aromatic carbocycles. The Bertz CT molecular complexity index is 1140. The lowest BCUT2D eigenvalue weighted by molar-refractivity contribution is 0.284. The minimum atomic E-state index is -0.547. The molecule has 1 aliphatic rings. The van der Waals surface area contributed by atoms with E-state index in [1.54, 1.807) is 10.9 Å². The van der Waals surface area contributed by atoms with Crippen molar-refractivity contribution >= 4 is 35.9 Å². The minimum Gasteiger partial charge on any atom is -0.369 e. The summed E-state index contributed by atoms with van der Waals surface area (Å²) in [4.78, 5) is 14.7. The zero-order valence-corrected chi connectivity index (χ0v) is 20.3. The van der Waals surface area contributed by atoms with Gasteiger partial charge in [0.25, 0.3) is 0 Å². The SMILES string of the molecule is Cc1c(C=CCN2CCN(c3cc(F)cc(F)c3)CC2)cnn1-c1cc(N(C)C)nc(N)n1.Cl. The van der Waals surface area contributed by atoms with Crippen LogP contribution in [-0.2, 0) is 0 Å². The van der Waals surface area contributed by atoms with Crippen molar-refractivity contribution in [2.24, 2.45) is 0 Å². The maximum Gasteiger partial charge on any atom is 0.224 e. The van der Waals surface area contributed by atoms with E-state index in [9.17, 15) is 8.78 Å². The molecule has 0 bridgehead atoms. The molecule has 0 aliphatic carbocycles. The summed E-state index contributed by atoms with van der Waals surface area (Å²) < 4.78 is 28.7. The number of hydrogen-bond acceptors (Lipinski definition) is 7. The lowest BCUT2D eigenvalue weighted by Gasteiger charge is -2.35. The normalized spacial score (nSPS) is 14.4. The fourth-order valence-corrected chi connectivity index (χ4v) is 3.83. The number of piperazine rings is 1. The molecular weight excluding hydrogens is 462 g/mol. The topological polar surface area (TPSA) is 79.3 Å². The average molecular weight is 491 g/mol. The van der Waals surface area contributed by atoms with Crippen LogP contribution in [0, 0.1) is 18.6 Å². The van der Waals surface area contributed by atoms with E-state index in [-0.39, 0.29) is 18.4 Å². The summed E-state index contributed by atoms with van der Waals surface area (Å²) in [5.41, 5.74) is 8.40. The Balaban J connectivity index is 0.00000324.